The summed E-state index contributed by atoms with van der Waals surface area (Å²) in [5.41, 5.74) is 1.31. The molecule has 5 heteroatoms. The fourth-order valence-electron chi connectivity index (χ4n) is 2.99. The van der Waals surface area contributed by atoms with Crippen LogP contribution in [-0.2, 0) is 0 Å². The highest BCUT2D eigenvalue weighted by Gasteiger charge is 2.30. The lowest BCUT2D eigenvalue weighted by Crippen LogP contribution is -2.41. The molecule has 22 heavy (non-hydrogen) atoms. The Hall–Kier alpha value is -1.85. The molecule has 4 nitrogen and oxygen atoms in total. The molecule has 2 aliphatic rings. The molecular formula is C17H18N2O2S. The third-order valence-corrected chi connectivity index (χ3v) is 5.01. The predicted octanol–water partition coefficient (Wildman–Crippen LogP) is 4.02. The van der Waals surface area contributed by atoms with Crippen LogP contribution in [0.4, 0.5) is 5.69 Å². The van der Waals surface area contributed by atoms with E-state index in [0.717, 1.165) is 23.8 Å². The fraction of sp³-hybridized carbons (Fsp3) is 0.294. The van der Waals surface area contributed by atoms with Crippen LogP contribution in [0, 0.1) is 0 Å². The second-order valence-electron chi connectivity index (χ2n) is 5.48. The zero-order valence-corrected chi connectivity index (χ0v) is 13.2. The normalized spacial score (nSPS) is 19.5. The molecule has 0 aromatic heterocycles. The van der Waals surface area contributed by atoms with Crippen molar-refractivity contribution in [3.63, 3.8) is 0 Å². The molecule has 2 aromatic carbocycles. The first-order valence-electron chi connectivity index (χ1n) is 7.48. The number of benzene rings is 2. The highest BCUT2D eigenvalue weighted by molar-refractivity contribution is 7.97. The first kappa shape index (κ1) is 13.8. The number of ether oxygens (including phenoxy) is 2. The lowest BCUT2D eigenvalue weighted by Gasteiger charge is -2.33. The van der Waals surface area contributed by atoms with Gasteiger partial charge in [0.25, 0.3) is 0 Å². The molecule has 0 aliphatic carbocycles. The predicted molar refractivity (Wildman–Crippen MR) is 88.9 cm³/mol. The van der Waals surface area contributed by atoms with Gasteiger partial charge in [0.05, 0.1) is 19.0 Å². The number of methoxy groups -OCH3 is 1. The zero-order chi connectivity index (χ0) is 14.9. The van der Waals surface area contributed by atoms with Gasteiger partial charge >= 0.3 is 0 Å². The molecule has 0 saturated carbocycles. The Kier molecular flexibility index (Phi) is 3.60. The van der Waals surface area contributed by atoms with Crippen molar-refractivity contribution in [3.05, 3.63) is 42.5 Å². The molecule has 0 bridgehead atoms. The summed E-state index contributed by atoms with van der Waals surface area (Å²) in [5, 5.41) is 0. The molecule has 1 saturated heterocycles. The van der Waals surface area contributed by atoms with Crippen LogP contribution in [0.1, 0.15) is 12.8 Å². The Bertz CT molecular complexity index is 692. The van der Waals surface area contributed by atoms with Gasteiger partial charge in [0, 0.05) is 17.5 Å². The fourth-order valence-corrected chi connectivity index (χ4v) is 3.96. The average Bonchev–Trinajstić information content (AvgIpc) is 3.04. The Morgan fingerprint density at radius 1 is 1.14 bits per heavy atom. The topological polar surface area (TPSA) is 33.7 Å². The highest BCUT2D eigenvalue weighted by Crippen LogP contribution is 2.40. The van der Waals surface area contributed by atoms with Gasteiger partial charge in [-0.25, -0.2) is 4.72 Å². The van der Waals surface area contributed by atoms with Crippen LogP contribution in [0.3, 0.4) is 0 Å². The highest BCUT2D eigenvalue weighted by atomic mass is 32.2. The standard InChI is InChI=1S/C17H18N2O2S/c1-20-12-4-2-5-13(10-12)21-14-7-8-15-16(11-14)22-18-17-6-3-9-19(15)17/h2,4-5,7-8,10-11,17-18H,3,6,9H2,1H3. The van der Waals surface area contributed by atoms with Crippen molar-refractivity contribution in [3.8, 4) is 17.2 Å². The SMILES string of the molecule is COc1cccc(Oc2ccc3c(c2)SNC2CCCN32)c1. The lowest BCUT2D eigenvalue weighted by atomic mass is 10.2. The summed E-state index contributed by atoms with van der Waals surface area (Å²) < 4.78 is 14.7. The van der Waals surface area contributed by atoms with E-state index < -0.39 is 0 Å². The molecule has 1 N–H and O–H groups in total. The van der Waals surface area contributed by atoms with Crippen LogP contribution in [0.15, 0.2) is 47.4 Å². The van der Waals surface area contributed by atoms with Crippen molar-refractivity contribution < 1.29 is 9.47 Å². The maximum absolute atomic E-state index is 5.96. The van der Waals surface area contributed by atoms with E-state index in [4.69, 9.17) is 9.47 Å². The summed E-state index contributed by atoms with van der Waals surface area (Å²) >= 11 is 1.70. The third kappa shape index (κ3) is 2.51. The Morgan fingerprint density at radius 2 is 2.00 bits per heavy atom. The molecular weight excluding hydrogens is 296 g/mol. The molecule has 4 rings (SSSR count). The van der Waals surface area contributed by atoms with Crippen LogP contribution in [0.5, 0.6) is 17.2 Å². The molecule has 1 unspecified atom stereocenters. The minimum absolute atomic E-state index is 0.475. The number of hydrogen-bond acceptors (Lipinski definition) is 5. The summed E-state index contributed by atoms with van der Waals surface area (Å²) in [4.78, 5) is 3.67. The number of nitrogens with one attached hydrogen (secondary N) is 1. The zero-order valence-electron chi connectivity index (χ0n) is 12.4. The quantitative estimate of drug-likeness (QED) is 0.865. The van der Waals surface area contributed by atoms with Gasteiger partial charge in [-0.2, -0.15) is 0 Å². The lowest BCUT2D eigenvalue weighted by molar-refractivity contribution is 0.409. The van der Waals surface area contributed by atoms with E-state index in [2.05, 4.69) is 21.8 Å². The summed E-state index contributed by atoms with van der Waals surface area (Å²) in [6.07, 6.45) is 2.94. The largest absolute Gasteiger partial charge is 0.497 e. The van der Waals surface area contributed by atoms with E-state index in [1.807, 2.05) is 30.3 Å². The maximum atomic E-state index is 5.96. The van der Waals surface area contributed by atoms with Crippen molar-refractivity contribution in [1.82, 2.24) is 4.72 Å². The monoisotopic (exact) mass is 314 g/mol. The molecule has 2 aromatic rings. The van der Waals surface area contributed by atoms with Crippen LogP contribution in [0.2, 0.25) is 0 Å². The molecule has 0 spiro atoms. The molecule has 2 aliphatic heterocycles. The van der Waals surface area contributed by atoms with Crippen molar-refractivity contribution in [1.29, 1.82) is 0 Å². The Labute approximate surface area is 134 Å². The second kappa shape index (κ2) is 5.74. The van der Waals surface area contributed by atoms with Crippen molar-refractivity contribution >= 4 is 17.6 Å². The van der Waals surface area contributed by atoms with Gasteiger partial charge in [-0.1, -0.05) is 6.07 Å². The van der Waals surface area contributed by atoms with Crippen molar-refractivity contribution in [2.75, 3.05) is 18.6 Å². The van der Waals surface area contributed by atoms with Crippen LogP contribution in [0.25, 0.3) is 0 Å². The summed E-state index contributed by atoms with van der Waals surface area (Å²) in [7, 11) is 1.66. The third-order valence-electron chi connectivity index (χ3n) is 4.08. The van der Waals surface area contributed by atoms with Gasteiger partial charge in [0.15, 0.2) is 0 Å². The second-order valence-corrected chi connectivity index (χ2v) is 6.36. The first-order valence-corrected chi connectivity index (χ1v) is 8.30. The number of rotatable bonds is 3. The Morgan fingerprint density at radius 3 is 2.91 bits per heavy atom. The molecule has 0 radical (unpaired) electrons. The maximum Gasteiger partial charge on any atom is 0.131 e. The van der Waals surface area contributed by atoms with Crippen molar-refractivity contribution in [2.24, 2.45) is 0 Å². The minimum atomic E-state index is 0.475. The number of anilines is 1. The number of fused-ring (bicyclic) bond motifs is 3. The van der Waals surface area contributed by atoms with Crippen LogP contribution < -0.4 is 19.1 Å². The van der Waals surface area contributed by atoms with Gasteiger partial charge in [0.1, 0.15) is 17.2 Å². The molecule has 0 amide bonds. The summed E-state index contributed by atoms with van der Waals surface area (Å²) in [5.74, 6) is 2.43. The van der Waals surface area contributed by atoms with E-state index >= 15 is 0 Å². The number of hydrogen-bond donors (Lipinski definition) is 1. The minimum Gasteiger partial charge on any atom is -0.497 e. The average molecular weight is 314 g/mol. The summed E-state index contributed by atoms with van der Waals surface area (Å²) in [6, 6.07) is 14.0. The van der Waals surface area contributed by atoms with Crippen LogP contribution >= 0.6 is 11.9 Å². The van der Waals surface area contributed by atoms with E-state index in [0.29, 0.717) is 6.17 Å². The van der Waals surface area contributed by atoms with Crippen LogP contribution in [-0.4, -0.2) is 19.8 Å². The van der Waals surface area contributed by atoms with Gasteiger partial charge in [0.2, 0.25) is 0 Å². The first-order chi connectivity index (χ1) is 10.8. The van der Waals surface area contributed by atoms with E-state index in [1.54, 1.807) is 19.1 Å². The molecule has 2 heterocycles. The van der Waals surface area contributed by atoms with Gasteiger partial charge in [-0.3, -0.25) is 0 Å². The van der Waals surface area contributed by atoms with Gasteiger partial charge < -0.3 is 14.4 Å². The molecule has 1 atom stereocenters. The van der Waals surface area contributed by atoms with E-state index in [9.17, 15) is 0 Å². The van der Waals surface area contributed by atoms with Gasteiger partial charge in [-0.05, 0) is 55.1 Å². The Balaban J connectivity index is 1.59. The molecule has 114 valence electrons. The van der Waals surface area contributed by atoms with E-state index in [-0.39, 0.29) is 0 Å². The van der Waals surface area contributed by atoms with Crippen molar-refractivity contribution in [2.45, 2.75) is 23.9 Å². The molecule has 1 fully saturated rings. The summed E-state index contributed by atoms with van der Waals surface area (Å²) in [6.45, 7) is 1.13. The van der Waals surface area contributed by atoms with E-state index in [1.165, 1.54) is 23.4 Å². The smallest absolute Gasteiger partial charge is 0.131 e. The van der Waals surface area contributed by atoms with Gasteiger partial charge in [-0.15, -0.1) is 0 Å². The number of nitrogens with zero attached hydrogens (tertiary/aromatic N) is 1.